The number of nitro groups is 1. The number of nitrogens with zero attached hydrogens (tertiary/aromatic N) is 4. The molecule has 2 amide bonds. The van der Waals surface area contributed by atoms with Crippen molar-refractivity contribution in [3.8, 4) is 0 Å². The molecule has 1 saturated heterocycles. The molecule has 0 unspecified atom stereocenters. The van der Waals surface area contributed by atoms with E-state index in [1.807, 2.05) is 0 Å². The molecule has 0 spiro atoms. The quantitative estimate of drug-likeness (QED) is 0.573. The lowest BCUT2D eigenvalue weighted by molar-refractivity contribution is -0.390. The minimum absolute atomic E-state index is 0.0486. The van der Waals surface area contributed by atoms with Gasteiger partial charge in [0.1, 0.15) is 11.0 Å². The topological polar surface area (TPSA) is 120 Å². The maximum absolute atomic E-state index is 12.2. The lowest BCUT2D eigenvalue weighted by atomic mass is 10.1. The van der Waals surface area contributed by atoms with Crippen LogP contribution in [-0.2, 0) is 16.1 Å². The molecule has 1 aromatic heterocycles. The molecule has 11 heteroatoms. The van der Waals surface area contributed by atoms with Gasteiger partial charge in [-0.25, -0.2) is 4.79 Å². The Hall–Kier alpha value is -2.17. The van der Waals surface area contributed by atoms with Crippen molar-refractivity contribution in [3.05, 3.63) is 20.3 Å². The van der Waals surface area contributed by atoms with Crippen molar-refractivity contribution < 1.29 is 19.2 Å². The Morgan fingerprint density at radius 3 is 2.60 bits per heavy atom. The second kappa shape index (κ2) is 8.28. The zero-order chi connectivity index (χ0) is 18.6. The maximum atomic E-state index is 12.2. The largest absolute Gasteiger partial charge is 0.450 e. The van der Waals surface area contributed by atoms with Crippen LogP contribution in [0.3, 0.4) is 0 Å². The first-order chi connectivity index (χ1) is 11.8. The summed E-state index contributed by atoms with van der Waals surface area (Å²) in [5, 5.41) is 17.6. The van der Waals surface area contributed by atoms with Gasteiger partial charge >= 0.3 is 11.9 Å². The van der Waals surface area contributed by atoms with Gasteiger partial charge in [-0.1, -0.05) is 0 Å². The summed E-state index contributed by atoms with van der Waals surface area (Å²) >= 11 is 3.12. The SMILES string of the molecule is CCOC(=O)N1CCC(NC(=O)Cn2nc([N+](=O)[O-])c(Br)c2C)CC1. The van der Waals surface area contributed by atoms with Gasteiger partial charge in [0.2, 0.25) is 5.91 Å². The predicted molar refractivity (Wildman–Crippen MR) is 91.1 cm³/mol. The van der Waals surface area contributed by atoms with Gasteiger partial charge < -0.3 is 25.1 Å². The highest BCUT2D eigenvalue weighted by atomic mass is 79.9. The molecule has 0 radical (unpaired) electrons. The number of carbonyl (C=O) groups excluding carboxylic acids is 2. The van der Waals surface area contributed by atoms with E-state index in [0.717, 1.165) is 0 Å². The molecule has 1 aliphatic rings. The Morgan fingerprint density at radius 1 is 1.44 bits per heavy atom. The highest BCUT2D eigenvalue weighted by Gasteiger charge is 2.27. The second-order valence-electron chi connectivity index (χ2n) is 5.67. The van der Waals surface area contributed by atoms with Crippen molar-refractivity contribution >= 4 is 33.7 Å². The fourth-order valence-corrected chi connectivity index (χ4v) is 3.04. The van der Waals surface area contributed by atoms with Gasteiger partial charge in [0.15, 0.2) is 0 Å². The Labute approximate surface area is 152 Å². The van der Waals surface area contributed by atoms with E-state index in [2.05, 4.69) is 26.3 Å². The van der Waals surface area contributed by atoms with Gasteiger partial charge in [0.05, 0.1) is 17.4 Å². The average Bonchev–Trinajstić information content (AvgIpc) is 2.84. The van der Waals surface area contributed by atoms with Crippen molar-refractivity contribution in [2.45, 2.75) is 39.3 Å². The summed E-state index contributed by atoms with van der Waals surface area (Å²) in [5.74, 6) is -0.587. The van der Waals surface area contributed by atoms with Gasteiger partial charge in [-0.15, -0.1) is 0 Å². The number of nitrogens with one attached hydrogen (secondary N) is 1. The highest BCUT2D eigenvalue weighted by Crippen LogP contribution is 2.26. The molecule has 0 aromatic carbocycles. The first kappa shape index (κ1) is 19.2. The molecule has 1 fully saturated rings. The first-order valence-corrected chi connectivity index (χ1v) is 8.71. The van der Waals surface area contributed by atoms with Crippen molar-refractivity contribution in [1.82, 2.24) is 20.0 Å². The molecule has 1 N–H and O–H groups in total. The first-order valence-electron chi connectivity index (χ1n) is 7.91. The summed E-state index contributed by atoms with van der Waals surface area (Å²) in [6, 6.07) is -0.0486. The minimum Gasteiger partial charge on any atom is -0.450 e. The monoisotopic (exact) mass is 417 g/mol. The van der Waals surface area contributed by atoms with Gasteiger partial charge in [-0.05, 0) is 47.5 Å². The zero-order valence-corrected chi connectivity index (χ0v) is 15.6. The van der Waals surface area contributed by atoms with Gasteiger partial charge in [-0.2, -0.15) is 4.68 Å². The Bertz CT molecular complexity index is 669. The van der Waals surface area contributed by atoms with Crippen LogP contribution in [0.4, 0.5) is 10.6 Å². The smallest absolute Gasteiger partial charge is 0.409 e. The lowest BCUT2D eigenvalue weighted by Gasteiger charge is -2.31. The van der Waals surface area contributed by atoms with Crippen LogP contribution in [0, 0.1) is 17.0 Å². The normalized spacial score (nSPS) is 15.1. The molecule has 10 nitrogen and oxygen atoms in total. The number of piperidine rings is 1. The van der Waals surface area contributed by atoms with Crippen molar-refractivity contribution in [2.24, 2.45) is 0 Å². The molecule has 25 heavy (non-hydrogen) atoms. The molecular formula is C14H20BrN5O5. The van der Waals surface area contributed by atoms with E-state index in [1.165, 1.54) is 4.68 Å². The van der Waals surface area contributed by atoms with Crippen LogP contribution in [0.1, 0.15) is 25.5 Å². The third-order valence-corrected chi connectivity index (χ3v) is 4.90. The molecule has 2 heterocycles. The molecular weight excluding hydrogens is 398 g/mol. The standard InChI is InChI=1S/C14H20BrN5O5/c1-3-25-14(22)18-6-4-10(5-7-18)16-11(21)8-19-9(2)12(15)13(17-19)20(23)24/h10H,3-8H2,1-2H3,(H,16,21). The predicted octanol–water partition coefficient (Wildman–Crippen LogP) is 1.60. The third-order valence-electron chi connectivity index (χ3n) is 3.97. The van der Waals surface area contributed by atoms with E-state index in [-0.39, 0.29) is 34.9 Å². The lowest BCUT2D eigenvalue weighted by Crippen LogP contribution is -2.47. The Balaban J connectivity index is 1.87. The molecule has 138 valence electrons. The number of amides is 2. The highest BCUT2D eigenvalue weighted by molar-refractivity contribution is 9.10. The number of hydrogen-bond acceptors (Lipinski definition) is 6. The fourth-order valence-electron chi connectivity index (χ4n) is 2.61. The minimum atomic E-state index is -0.601. The van der Waals surface area contributed by atoms with E-state index in [4.69, 9.17) is 4.74 Å². The van der Waals surface area contributed by atoms with Crippen LogP contribution in [0.15, 0.2) is 4.47 Å². The molecule has 0 atom stereocenters. The van der Waals surface area contributed by atoms with Gasteiger partial charge in [0.25, 0.3) is 0 Å². The summed E-state index contributed by atoms with van der Waals surface area (Å²) in [5.41, 5.74) is 0.513. The van der Waals surface area contributed by atoms with E-state index < -0.39 is 4.92 Å². The van der Waals surface area contributed by atoms with E-state index in [9.17, 15) is 19.7 Å². The average molecular weight is 418 g/mol. The molecule has 1 aliphatic heterocycles. The third kappa shape index (κ3) is 4.68. The van der Waals surface area contributed by atoms with Crippen LogP contribution in [-0.4, -0.2) is 57.3 Å². The summed E-state index contributed by atoms with van der Waals surface area (Å²) in [4.78, 5) is 35.7. The molecule has 0 bridgehead atoms. The van der Waals surface area contributed by atoms with E-state index in [0.29, 0.717) is 38.2 Å². The van der Waals surface area contributed by atoms with Crippen molar-refractivity contribution in [1.29, 1.82) is 0 Å². The number of aromatic nitrogens is 2. The van der Waals surface area contributed by atoms with Crippen LogP contribution in [0.25, 0.3) is 0 Å². The van der Waals surface area contributed by atoms with Crippen LogP contribution in [0.5, 0.6) is 0 Å². The second-order valence-corrected chi connectivity index (χ2v) is 6.46. The summed E-state index contributed by atoms with van der Waals surface area (Å²) in [6.07, 6.45) is 0.926. The number of ether oxygens (including phenoxy) is 1. The number of likely N-dealkylation sites (tertiary alicyclic amines) is 1. The van der Waals surface area contributed by atoms with Crippen molar-refractivity contribution in [3.63, 3.8) is 0 Å². The van der Waals surface area contributed by atoms with Gasteiger partial charge in [0, 0.05) is 19.1 Å². The summed E-state index contributed by atoms with van der Waals surface area (Å²) in [7, 11) is 0. The van der Waals surface area contributed by atoms with E-state index >= 15 is 0 Å². The van der Waals surface area contributed by atoms with Gasteiger partial charge in [-0.3, -0.25) is 4.79 Å². The number of halogens is 1. The van der Waals surface area contributed by atoms with Crippen LogP contribution < -0.4 is 5.32 Å². The van der Waals surface area contributed by atoms with E-state index in [1.54, 1.807) is 18.7 Å². The molecule has 1 aromatic rings. The molecule has 0 saturated carbocycles. The van der Waals surface area contributed by atoms with Crippen molar-refractivity contribution in [2.75, 3.05) is 19.7 Å². The Morgan fingerprint density at radius 2 is 2.08 bits per heavy atom. The number of carbonyl (C=O) groups is 2. The summed E-state index contributed by atoms with van der Waals surface area (Å²) in [6.45, 7) is 4.67. The van der Waals surface area contributed by atoms with Crippen LogP contribution >= 0.6 is 15.9 Å². The Kier molecular flexibility index (Phi) is 6.34. The molecule has 0 aliphatic carbocycles. The number of hydrogen-bond donors (Lipinski definition) is 1. The zero-order valence-electron chi connectivity index (χ0n) is 14.0. The fraction of sp³-hybridized carbons (Fsp3) is 0.643. The molecule has 2 rings (SSSR count). The van der Waals surface area contributed by atoms with Crippen LogP contribution in [0.2, 0.25) is 0 Å². The summed E-state index contributed by atoms with van der Waals surface area (Å²) < 4.78 is 6.52. The maximum Gasteiger partial charge on any atom is 0.409 e. The number of rotatable bonds is 5.